The Morgan fingerprint density at radius 1 is 1.18 bits per heavy atom. The molecule has 10 heteroatoms. The third kappa shape index (κ3) is 6.55. The Morgan fingerprint density at radius 3 is 2.55 bits per heavy atom. The van der Waals surface area contributed by atoms with E-state index in [4.69, 9.17) is 4.74 Å². The van der Waals surface area contributed by atoms with Crippen molar-refractivity contribution in [2.45, 2.75) is 51.4 Å². The van der Waals surface area contributed by atoms with Gasteiger partial charge in [0.15, 0.2) is 11.0 Å². The van der Waals surface area contributed by atoms with Crippen molar-refractivity contribution in [1.29, 1.82) is 0 Å². The van der Waals surface area contributed by atoms with Gasteiger partial charge in [0.1, 0.15) is 12.4 Å². The second-order valence-electron chi connectivity index (χ2n) is 8.35. The van der Waals surface area contributed by atoms with Gasteiger partial charge in [-0.05, 0) is 36.1 Å². The first-order valence-electron chi connectivity index (χ1n) is 10.5. The highest BCUT2D eigenvalue weighted by molar-refractivity contribution is 7.99. The van der Waals surface area contributed by atoms with Crippen LogP contribution in [0, 0.1) is 10.1 Å². The third-order valence-corrected chi connectivity index (χ3v) is 5.84. The molecule has 0 aliphatic carbocycles. The van der Waals surface area contributed by atoms with E-state index in [2.05, 4.69) is 48.4 Å². The molecule has 0 saturated heterocycles. The normalized spacial score (nSPS) is 11.3. The maximum absolute atomic E-state index is 12.3. The Hall–Kier alpha value is -3.40. The second kappa shape index (κ2) is 10.5. The number of nitro benzene ring substituents is 1. The molecule has 0 aliphatic rings. The van der Waals surface area contributed by atoms with Crippen LogP contribution in [0.4, 0.5) is 11.4 Å². The average Bonchev–Trinajstić information content (AvgIpc) is 3.18. The van der Waals surface area contributed by atoms with E-state index in [1.54, 1.807) is 6.07 Å². The highest BCUT2D eigenvalue weighted by Gasteiger charge is 2.16. The summed E-state index contributed by atoms with van der Waals surface area (Å²) < 4.78 is 7.78. The first kappa shape index (κ1) is 24.2. The monoisotopic (exact) mass is 469 g/mol. The van der Waals surface area contributed by atoms with Gasteiger partial charge in [-0.3, -0.25) is 14.9 Å². The van der Waals surface area contributed by atoms with E-state index in [0.29, 0.717) is 23.2 Å². The zero-order valence-electron chi connectivity index (χ0n) is 19.1. The summed E-state index contributed by atoms with van der Waals surface area (Å²) in [6, 6.07) is 13.8. The highest BCUT2D eigenvalue weighted by atomic mass is 32.2. The quantitative estimate of drug-likeness (QED) is 0.272. The number of carbonyl (C=O) groups is 1. The number of anilines is 1. The fraction of sp³-hybridized carbons (Fsp3) is 0.348. The fourth-order valence-electron chi connectivity index (χ4n) is 3.07. The summed E-state index contributed by atoms with van der Waals surface area (Å²) in [6.45, 7) is 9.35. The second-order valence-corrected chi connectivity index (χ2v) is 9.29. The molecule has 1 N–H and O–H groups in total. The largest absolute Gasteiger partial charge is 0.486 e. The number of ether oxygens (including phenoxy) is 1. The molecule has 2 aromatic carbocycles. The fourth-order valence-corrected chi connectivity index (χ4v) is 3.89. The van der Waals surface area contributed by atoms with Crippen molar-refractivity contribution in [3.05, 3.63) is 70.0 Å². The maximum Gasteiger partial charge on any atom is 0.271 e. The molecule has 0 fully saturated rings. The minimum atomic E-state index is -0.503. The van der Waals surface area contributed by atoms with Gasteiger partial charge < -0.3 is 14.6 Å². The van der Waals surface area contributed by atoms with Gasteiger partial charge in [0.2, 0.25) is 5.91 Å². The number of thioether (sulfide) groups is 1. The van der Waals surface area contributed by atoms with E-state index >= 15 is 0 Å². The van der Waals surface area contributed by atoms with Crippen LogP contribution in [0.2, 0.25) is 0 Å². The van der Waals surface area contributed by atoms with E-state index in [9.17, 15) is 14.9 Å². The lowest BCUT2D eigenvalue weighted by atomic mass is 9.87. The number of hydrogen-bond donors (Lipinski definition) is 1. The van der Waals surface area contributed by atoms with Gasteiger partial charge in [-0.2, -0.15) is 0 Å². The Balaban J connectivity index is 1.57. The minimum Gasteiger partial charge on any atom is -0.486 e. The number of non-ortho nitro benzene ring substituents is 1. The molecular weight excluding hydrogens is 442 g/mol. The maximum atomic E-state index is 12.3. The van der Waals surface area contributed by atoms with Crippen LogP contribution in [0.25, 0.3) is 0 Å². The predicted molar refractivity (Wildman–Crippen MR) is 128 cm³/mol. The smallest absolute Gasteiger partial charge is 0.271 e. The van der Waals surface area contributed by atoms with Gasteiger partial charge in [-0.25, -0.2) is 0 Å². The van der Waals surface area contributed by atoms with Crippen LogP contribution in [-0.2, 0) is 23.4 Å². The molecule has 0 saturated carbocycles. The molecule has 33 heavy (non-hydrogen) atoms. The van der Waals surface area contributed by atoms with Gasteiger partial charge in [0, 0.05) is 24.4 Å². The van der Waals surface area contributed by atoms with E-state index in [-0.39, 0.29) is 29.4 Å². The van der Waals surface area contributed by atoms with Crippen molar-refractivity contribution in [3.63, 3.8) is 0 Å². The average molecular weight is 470 g/mol. The molecule has 1 heterocycles. The Bertz CT molecular complexity index is 1120. The number of hydrogen-bond acceptors (Lipinski definition) is 7. The summed E-state index contributed by atoms with van der Waals surface area (Å²) in [5, 5.41) is 22.6. The summed E-state index contributed by atoms with van der Waals surface area (Å²) in [5.74, 6) is 1.22. The number of nitro groups is 1. The molecule has 0 unspecified atom stereocenters. The van der Waals surface area contributed by atoms with Crippen LogP contribution in [0.3, 0.4) is 0 Å². The molecule has 0 aliphatic heterocycles. The van der Waals surface area contributed by atoms with Crippen LogP contribution in [0.1, 0.15) is 39.1 Å². The van der Waals surface area contributed by atoms with Crippen molar-refractivity contribution in [1.82, 2.24) is 14.8 Å². The predicted octanol–water partition coefficient (Wildman–Crippen LogP) is 4.81. The van der Waals surface area contributed by atoms with Crippen molar-refractivity contribution in [2.75, 3.05) is 11.1 Å². The van der Waals surface area contributed by atoms with E-state index in [1.165, 1.54) is 35.5 Å². The molecule has 0 atom stereocenters. The molecule has 3 aromatic rings. The van der Waals surface area contributed by atoms with Gasteiger partial charge in [0.05, 0.1) is 10.7 Å². The number of carbonyl (C=O) groups excluding carboxylic acids is 1. The van der Waals surface area contributed by atoms with Crippen molar-refractivity contribution in [2.24, 2.45) is 0 Å². The topological polar surface area (TPSA) is 112 Å². The zero-order valence-corrected chi connectivity index (χ0v) is 19.9. The Morgan fingerprint density at radius 2 is 1.91 bits per heavy atom. The summed E-state index contributed by atoms with van der Waals surface area (Å²) in [7, 11) is 0. The number of aromatic nitrogens is 3. The molecule has 0 radical (unpaired) electrons. The molecule has 1 aromatic heterocycles. The van der Waals surface area contributed by atoms with E-state index in [1.807, 2.05) is 23.6 Å². The molecule has 0 spiro atoms. The SMILES string of the molecule is CCn1c(COc2ccc(C(C)(C)C)cc2)nnc1SCC(=O)Nc1cccc([N+](=O)[O-])c1. The van der Waals surface area contributed by atoms with Crippen LogP contribution < -0.4 is 10.1 Å². The van der Waals surface area contributed by atoms with E-state index < -0.39 is 4.92 Å². The van der Waals surface area contributed by atoms with Gasteiger partial charge in [0.25, 0.3) is 5.69 Å². The first-order chi connectivity index (χ1) is 15.7. The zero-order chi connectivity index (χ0) is 24.0. The van der Waals surface area contributed by atoms with Crippen molar-refractivity contribution in [3.8, 4) is 5.75 Å². The first-order valence-corrected chi connectivity index (χ1v) is 11.5. The standard InChI is InChI=1S/C23H27N5O4S/c1-5-27-20(14-32-19-11-9-16(10-12-19)23(2,3)4)25-26-22(27)33-15-21(29)24-17-7-6-8-18(13-17)28(30)31/h6-13H,5,14-15H2,1-4H3,(H,24,29). The van der Waals surface area contributed by atoms with Crippen LogP contribution in [0.5, 0.6) is 5.75 Å². The number of nitrogens with one attached hydrogen (secondary N) is 1. The number of benzene rings is 2. The minimum absolute atomic E-state index is 0.0779. The Kier molecular flexibility index (Phi) is 7.70. The summed E-state index contributed by atoms with van der Waals surface area (Å²) in [4.78, 5) is 22.7. The molecule has 1 amide bonds. The molecule has 9 nitrogen and oxygen atoms in total. The van der Waals surface area contributed by atoms with Gasteiger partial charge in [-0.15, -0.1) is 10.2 Å². The van der Waals surface area contributed by atoms with Gasteiger partial charge >= 0.3 is 0 Å². The number of nitrogens with zero attached hydrogens (tertiary/aromatic N) is 4. The van der Waals surface area contributed by atoms with Crippen LogP contribution in [0.15, 0.2) is 53.7 Å². The molecule has 3 rings (SSSR count). The number of rotatable bonds is 9. The van der Waals surface area contributed by atoms with Gasteiger partial charge in [-0.1, -0.05) is 50.7 Å². The molecule has 0 bridgehead atoms. The number of amides is 1. The van der Waals surface area contributed by atoms with Crippen LogP contribution >= 0.6 is 11.8 Å². The third-order valence-electron chi connectivity index (χ3n) is 4.87. The van der Waals surface area contributed by atoms with Crippen molar-refractivity contribution < 1.29 is 14.5 Å². The lowest BCUT2D eigenvalue weighted by Gasteiger charge is -2.19. The highest BCUT2D eigenvalue weighted by Crippen LogP contribution is 2.25. The molecule has 174 valence electrons. The summed E-state index contributed by atoms with van der Waals surface area (Å²) >= 11 is 1.24. The summed E-state index contributed by atoms with van der Waals surface area (Å²) in [5.41, 5.74) is 1.60. The van der Waals surface area contributed by atoms with E-state index in [0.717, 1.165) is 5.75 Å². The lowest BCUT2D eigenvalue weighted by molar-refractivity contribution is -0.384. The van der Waals surface area contributed by atoms with Crippen LogP contribution in [-0.4, -0.2) is 31.3 Å². The van der Waals surface area contributed by atoms with Crippen molar-refractivity contribution >= 4 is 29.0 Å². The Labute approximate surface area is 196 Å². The lowest BCUT2D eigenvalue weighted by Crippen LogP contribution is -2.15. The molecular formula is C23H27N5O4S. The summed E-state index contributed by atoms with van der Waals surface area (Å²) in [6.07, 6.45) is 0.